The van der Waals surface area contributed by atoms with Gasteiger partial charge in [-0.25, -0.2) is 4.98 Å². The monoisotopic (exact) mass is 356 g/mol. The second-order valence-electron chi connectivity index (χ2n) is 5.77. The zero-order chi connectivity index (χ0) is 18.8. The molecule has 0 radical (unpaired) electrons. The number of fused-ring (bicyclic) bond motifs is 1. The van der Waals surface area contributed by atoms with Crippen molar-refractivity contribution < 1.29 is 19.2 Å². The van der Waals surface area contributed by atoms with Crippen LogP contribution in [0.25, 0.3) is 10.9 Å². The molecule has 0 spiro atoms. The third-order valence-electron chi connectivity index (χ3n) is 3.81. The van der Waals surface area contributed by atoms with Crippen molar-refractivity contribution in [3.8, 4) is 0 Å². The lowest BCUT2D eigenvalue weighted by molar-refractivity contribution is -0.137. The first kappa shape index (κ1) is 17.3. The van der Waals surface area contributed by atoms with E-state index in [2.05, 4.69) is 15.5 Å². The molecule has 3 rings (SSSR count). The Morgan fingerprint density at radius 1 is 1.27 bits per heavy atom. The second kappa shape index (κ2) is 6.79. The van der Waals surface area contributed by atoms with Crippen molar-refractivity contribution in [1.82, 2.24) is 14.7 Å². The fraction of sp³-hybridized carbons (Fsp3) is 0.235. The predicted molar refractivity (Wildman–Crippen MR) is 92.2 cm³/mol. The summed E-state index contributed by atoms with van der Waals surface area (Å²) < 4.78 is 6.17. The Bertz CT molecular complexity index is 1070. The minimum Gasteiger partial charge on any atom is -0.481 e. The van der Waals surface area contributed by atoms with E-state index in [1.54, 1.807) is 26.0 Å². The number of amides is 1. The molecule has 2 N–H and O–H groups in total. The van der Waals surface area contributed by atoms with Crippen LogP contribution in [0.3, 0.4) is 0 Å². The van der Waals surface area contributed by atoms with Crippen molar-refractivity contribution in [2.75, 3.05) is 5.32 Å². The average Bonchev–Trinajstić information content (AvgIpc) is 3.01. The van der Waals surface area contributed by atoms with Gasteiger partial charge in [0.2, 0.25) is 0 Å². The second-order valence-corrected chi connectivity index (χ2v) is 5.77. The minimum absolute atomic E-state index is 0.0255. The van der Waals surface area contributed by atoms with Gasteiger partial charge in [0.1, 0.15) is 11.6 Å². The Hall–Kier alpha value is -3.49. The van der Waals surface area contributed by atoms with Gasteiger partial charge in [0, 0.05) is 18.3 Å². The van der Waals surface area contributed by atoms with Gasteiger partial charge in [-0.15, -0.1) is 0 Å². The van der Waals surface area contributed by atoms with Crippen LogP contribution >= 0.6 is 0 Å². The quantitative estimate of drug-likeness (QED) is 0.712. The van der Waals surface area contributed by atoms with Gasteiger partial charge in [-0.05, 0) is 32.0 Å². The Labute approximate surface area is 147 Å². The van der Waals surface area contributed by atoms with Gasteiger partial charge in [-0.1, -0.05) is 5.16 Å². The predicted octanol–water partition coefficient (Wildman–Crippen LogP) is 1.73. The molecular weight excluding hydrogens is 340 g/mol. The summed E-state index contributed by atoms with van der Waals surface area (Å²) >= 11 is 0. The number of nitrogens with zero attached hydrogens (tertiary/aromatic N) is 3. The maximum Gasteiger partial charge on any atom is 0.305 e. The maximum absolute atomic E-state index is 12.7. The van der Waals surface area contributed by atoms with Crippen molar-refractivity contribution in [2.45, 2.75) is 26.8 Å². The number of hydrogen-bond donors (Lipinski definition) is 2. The lowest BCUT2D eigenvalue weighted by Gasteiger charge is -2.10. The molecule has 0 aliphatic carbocycles. The molecule has 1 aromatic carbocycles. The molecule has 0 unspecified atom stereocenters. The summed E-state index contributed by atoms with van der Waals surface area (Å²) in [4.78, 5) is 39.9. The van der Waals surface area contributed by atoms with Crippen LogP contribution in [-0.2, 0) is 11.3 Å². The molecule has 1 amide bonds. The van der Waals surface area contributed by atoms with E-state index in [-0.39, 0.29) is 29.6 Å². The largest absolute Gasteiger partial charge is 0.481 e. The number of anilines is 1. The van der Waals surface area contributed by atoms with Crippen molar-refractivity contribution in [3.63, 3.8) is 0 Å². The van der Waals surface area contributed by atoms with E-state index < -0.39 is 11.9 Å². The molecule has 0 saturated heterocycles. The summed E-state index contributed by atoms with van der Waals surface area (Å²) in [5, 5.41) is 15.4. The van der Waals surface area contributed by atoms with Crippen LogP contribution in [0.5, 0.6) is 0 Å². The van der Waals surface area contributed by atoms with Crippen molar-refractivity contribution >= 4 is 28.5 Å². The molecule has 0 atom stereocenters. The van der Waals surface area contributed by atoms with Crippen LogP contribution < -0.4 is 10.9 Å². The number of benzene rings is 1. The maximum atomic E-state index is 12.7. The first-order chi connectivity index (χ1) is 12.3. The Morgan fingerprint density at radius 2 is 2.04 bits per heavy atom. The molecule has 2 aromatic heterocycles. The first-order valence-electron chi connectivity index (χ1n) is 7.83. The molecule has 134 valence electrons. The van der Waals surface area contributed by atoms with Gasteiger partial charge in [-0.3, -0.25) is 19.0 Å². The zero-order valence-electron chi connectivity index (χ0n) is 14.1. The summed E-state index contributed by atoms with van der Waals surface area (Å²) in [5.74, 6) is -0.527. The molecule has 0 fully saturated rings. The highest BCUT2D eigenvalue weighted by Crippen LogP contribution is 2.16. The number of aliphatic carboxylic acids is 1. The van der Waals surface area contributed by atoms with Crippen molar-refractivity contribution in [3.05, 3.63) is 51.9 Å². The molecule has 0 aliphatic rings. The van der Waals surface area contributed by atoms with E-state index in [0.29, 0.717) is 22.8 Å². The van der Waals surface area contributed by atoms with E-state index in [1.807, 2.05) is 0 Å². The number of carbonyl (C=O) groups is 2. The van der Waals surface area contributed by atoms with Crippen LogP contribution in [0.4, 0.5) is 5.69 Å². The average molecular weight is 356 g/mol. The van der Waals surface area contributed by atoms with E-state index in [1.165, 1.54) is 16.7 Å². The normalized spacial score (nSPS) is 10.8. The molecule has 2 heterocycles. The van der Waals surface area contributed by atoms with Crippen LogP contribution in [0.15, 0.2) is 33.6 Å². The number of carbonyl (C=O) groups excluding carboxylic acids is 1. The summed E-state index contributed by atoms with van der Waals surface area (Å²) in [6.07, 6.45) is -0.185. The lowest BCUT2D eigenvalue weighted by atomic mass is 10.2. The Morgan fingerprint density at radius 3 is 2.69 bits per heavy atom. The number of carboxylic acid groups (broad SMARTS) is 1. The first-order valence-corrected chi connectivity index (χ1v) is 7.83. The highest BCUT2D eigenvalue weighted by Gasteiger charge is 2.14. The topological polar surface area (TPSA) is 127 Å². The van der Waals surface area contributed by atoms with Gasteiger partial charge in [0.15, 0.2) is 5.69 Å². The highest BCUT2D eigenvalue weighted by atomic mass is 16.5. The van der Waals surface area contributed by atoms with Gasteiger partial charge >= 0.3 is 5.97 Å². The summed E-state index contributed by atoms with van der Waals surface area (Å²) in [6.45, 7) is 3.34. The standard InChI is InChI=1S/C17H16N4O5/c1-9-7-14(20-26-9)16(24)19-11-3-4-13-12(8-11)17(25)21(10(2)18-13)6-5-15(22)23/h3-4,7-8H,5-6H2,1-2H3,(H,19,24)(H,22,23). The number of aromatic nitrogens is 3. The molecular formula is C17H16N4O5. The summed E-state index contributed by atoms with van der Waals surface area (Å²) in [5.41, 5.74) is 0.635. The van der Waals surface area contributed by atoms with Gasteiger partial charge in [-0.2, -0.15) is 0 Å². The van der Waals surface area contributed by atoms with E-state index >= 15 is 0 Å². The van der Waals surface area contributed by atoms with E-state index in [4.69, 9.17) is 9.63 Å². The smallest absolute Gasteiger partial charge is 0.305 e. The number of nitrogens with one attached hydrogen (secondary N) is 1. The molecule has 9 heteroatoms. The van der Waals surface area contributed by atoms with Crippen molar-refractivity contribution in [1.29, 1.82) is 0 Å². The molecule has 3 aromatic rings. The Kier molecular flexibility index (Phi) is 4.53. The molecule has 0 aliphatic heterocycles. The van der Waals surface area contributed by atoms with Gasteiger partial charge in [0.05, 0.1) is 17.3 Å². The SMILES string of the molecule is Cc1cc(C(=O)Nc2ccc3nc(C)n(CCC(=O)O)c(=O)c3c2)no1. The molecule has 9 nitrogen and oxygen atoms in total. The lowest BCUT2D eigenvalue weighted by Crippen LogP contribution is -2.25. The third kappa shape index (κ3) is 3.46. The fourth-order valence-corrected chi connectivity index (χ4v) is 2.55. The van der Waals surface area contributed by atoms with Gasteiger partial charge in [0.25, 0.3) is 11.5 Å². The summed E-state index contributed by atoms with van der Waals surface area (Å²) in [7, 11) is 0. The van der Waals surface area contributed by atoms with E-state index in [9.17, 15) is 14.4 Å². The van der Waals surface area contributed by atoms with Crippen LogP contribution in [0, 0.1) is 13.8 Å². The number of rotatable bonds is 5. The number of carboxylic acids is 1. The third-order valence-corrected chi connectivity index (χ3v) is 3.81. The zero-order valence-corrected chi connectivity index (χ0v) is 14.1. The minimum atomic E-state index is -1.000. The highest BCUT2D eigenvalue weighted by molar-refractivity contribution is 6.03. The van der Waals surface area contributed by atoms with E-state index in [0.717, 1.165) is 0 Å². The van der Waals surface area contributed by atoms with Crippen LogP contribution in [-0.4, -0.2) is 31.7 Å². The van der Waals surface area contributed by atoms with Crippen LogP contribution in [0.2, 0.25) is 0 Å². The number of aryl methyl sites for hydroxylation is 2. The van der Waals surface area contributed by atoms with Crippen molar-refractivity contribution in [2.24, 2.45) is 0 Å². The fourth-order valence-electron chi connectivity index (χ4n) is 2.55. The summed E-state index contributed by atoms with van der Waals surface area (Å²) in [6, 6.07) is 6.25. The molecule has 0 bridgehead atoms. The number of hydrogen-bond acceptors (Lipinski definition) is 6. The molecule has 0 saturated carbocycles. The van der Waals surface area contributed by atoms with Crippen LogP contribution in [0.1, 0.15) is 28.5 Å². The Balaban J connectivity index is 1.95. The van der Waals surface area contributed by atoms with Gasteiger partial charge < -0.3 is 14.9 Å². The molecule has 26 heavy (non-hydrogen) atoms.